The fraction of sp³-hybridized carbons (Fsp3) is 0.0833. The Bertz CT molecular complexity index is 594. The minimum Gasteiger partial charge on any atom is -0.475 e. The molecule has 0 saturated carbocycles. The summed E-state index contributed by atoms with van der Waals surface area (Å²) in [5, 5.41) is 18.7. The van der Waals surface area contributed by atoms with Gasteiger partial charge in [0.25, 0.3) is 0 Å². The monoisotopic (exact) mass is 314 g/mol. The molecular weight excluding hydrogens is 307 g/mol. The lowest BCUT2D eigenvalue weighted by Crippen LogP contribution is -2.01. The highest BCUT2D eigenvalue weighted by atomic mass is 79.9. The molecule has 0 aliphatic heterocycles. The van der Waals surface area contributed by atoms with Crippen LogP contribution in [0.4, 0.5) is 4.39 Å². The highest BCUT2D eigenvalue weighted by Crippen LogP contribution is 2.31. The van der Waals surface area contributed by atoms with E-state index in [-0.39, 0.29) is 21.6 Å². The summed E-state index contributed by atoms with van der Waals surface area (Å²) >= 11 is 3.02. The first kappa shape index (κ1) is 12.8. The molecule has 0 aliphatic rings. The molecule has 0 amide bonds. The fourth-order valence-electron chi connectivity index (χ4n) is 1.50. The van der Waals surface area contributed by atoms with Crippen LogP contribution in [0, 0.1) is 5.82 Å². The Morgan fingerprint density at radius 3 is 2.67 bits per heavy atom. The van der Waals surface area contributed by atoms with Crippen LogP contribution in [0.3, 0.4) is 0 Å². The number of aliphatic hydroxyl groups excluding tert-OH is 1. The summed E-state index contributed by atoms with van der Waals surface area (Å²) in [4.78, 5) is 10.6. The van der Waals surface area contributed by atoms with Crippen molar-refractivity contribution < 1.29 is 23.8 Å². The molecule has 1 aromatic heterocycles. The lowest BCUT2D eigenvalue weighted by atomic mass is 10.1. The van der Waals surface area contributed by atoms with Gasteiger partial charge in [0.2, 0.25) is 5.76 Å². The summed E-state index contributed by atoms with van der Waals surface area (Å²) in [7, 11) is 0. The third kappa shape index (κ3) is 2.30. The maximum absolute atomic E-state index is 13.3. The second-order valence-corrected chi connectivity index (χ2v) is 4.35. The molecule has 2 N–H and O–H groups in total. The minimum absolute atomic E-state index is 0.0405. The van der Waals surface area contributed by atoms with E-state index in [1.165, 1.54) is 30.3 Å². The van der Waals surface area contributed by atoms with Gasteiger partial charge in [-0.1, -0.05) is 12.1 Å². The van der Waals surface area contributed by atoms with E-state index in [1.807, 2.05) is 0 Å². The number of carboxylic acids is 1. The van der Waals surface area contributed by atoms with E-state index in [9.17, 15) is 14.3 Å². The van der Waals surface area contributed by atoms with Gasteiger partial charge in [-0.15, -0.1) is 0 Å². The number of rotatable bonds is 3. The standard InChI is InChI=1S/C12H8BrFO4/c13-10-6(2-1-3-7(10)14)11(15)8-4-5-9(18-8)12(16)17/h1-5,11,15H,(H,16,17). The van der Waals surface area contributed by atoms with E-state index < -0.39 is 17.9 Å². The van der Waals surface area contributed by atoms with Crippen LogP contribution < -0.4 is 0 Å². The molecule has 2 aromatic rings. The summed E-state index contributed by atoms with van der Waals surface area (Å²) < 4.78 is 18.4. The van der Waals surface area contributed by atoms with Crippen LogP contribution in [0.15, 0.2) is 39.2 Å². The first-order valence-electron chi connectivity index (χ1n) is 4.95. The zero-order valence-electron chi connectivity index (χ0n) is 8.93. The Morgan fingerprint density at radius 1 is 1.33 bits per heavy atom. The largest absolute Gasteiger partial charge is 0.475 e. The molecule has 94 valence electrons. The quantitative estimate of drug-likeness (QED) is 0.913. The van der Waals surface area contributed by atoms with E-state index in [2.05, 4.69) is 15.9 Å². The highest BCUT2D eigenvalue weighted by molar-refractivity contribution is 9.10. The number of carboxylic acid groups (broad SMARTS) is 1. The van der Waals surface area contributed by atoms with Crippen molar-refractivity contribution in [1.29, 1.82) is 0 Å². The molecule has 0 bridgehead atoms. The lowest BCUT2D eigenvalue weighted by molar-refractivity contribution is 0.0655. The van der Waals surface area contributed by atoms with Crippen molar-refractivity contribution in [1.82, 2.24) is 0 Å². The number of benzene rings is 1. The van der Waals surface area contributed by atoms with Gasteiger partial charge in [0.15, 0.2) is 0 Å². The maximum atomic E-state index is 13.3. The molecule has 0 spiro atoms. The molecule has 18 heavy (non-hydrogen) atoms. The summed E-state index contributed by atoms with van der Waals surface area (Å²) in [6.07, 6.45) is -1.23. The number of carbonyl (C=O) groups is 1. The number of halogens is 2. The van der Waals surface area contributed by atoms with Crippen LogP contribution in [0.25, 0.3) is 0 Å². The molecule has 6 heteroatoms. The Kier molecular flexibility index (Phi) is 3.49. The molecule has 1 atom stereocenters. The third-order valence-electron chi connectivity index (χ3n) is 2.38. The van der Waals surface area contributed by atoms with Crippen molar-refractivity contribution in [2.24, 2.45) is 0 Å². The average molecular weight is 315 g/mol. The molecule has 1 aromatic carbocycles. The van der Waals surface area contributed by atoms with E-state index >= 15 is 0 Å². The number of aromatic carboxylic acids is 1. The van der Waals surface area contributed by atoms with Gasteiger partial charge in [0, 0.05) is 5.56 Å². The van der Waals surface area contributed by atoms with Crippen molar-refractivity contribution in [3.05, 3.63) is 57.7 Å². The van der Waals surface area contributed by atoms with Gasteiger partial charge in [-0.3, -0.25) is 0 Å². The molecule has 0 fully saturated rings. The molecule has 1 heterocycles. The Morgan fingerprint density at radius 2 is 2.06 bits per heavy atom. The molecule has 2 rings (SSSR count). The van der Waals surface area contributed by atoms with Gasteiger partial charge < -0.3 is 14.6 Å². The Hall–Kier alpha value is -1.66. The van der Waals surface area contributed by atoms with Gasteiger partial charge in [-0.2, -0.15) is 0 Å². The zero-order chi connectivity index (χ0) is 13.3. The van der Waals surface area contributed by atoms with Crippen LogP contribution in [0.2, 0.25) is 0 Å². The van der Waals surface area contributed by atoms with Crippen LogP contribution in [-0.2, 0) is 0 Å². The first-order valence-corrected chi connectivity index (χ1v) is 5.75. The topological polar surface area (TPSA) is 70.7 Å². The second kappa shape index (κ2) is 4.91. The van der Waals surface area contributed by atoms with Crippen molar-refractivity contribution >= 4 is 21.9 Å². The van der Waals surface area contributed by atoms with Crippen molar-refractivity contribution in [2.75, 3.05) is 0 Å². The van der Waals surface area contributed by atoms with Gasteiger partial charge in [0.05, 0.1) is 4.47 Å². The molecule has 1 unspecified atom stereocenters. The van der Waals surface area contributed by atoms with E-state index in [4.69, 9.17) is 9.52 Å². The van der Waals surface area contributed by atoms with Crippen LogP contribution in [0.5, 0.6) is 0 Å². The van der Waals surface area contributed by atoms with Crippen molar-refractivity contribution in [3.8, 4) is 0 Å². The van der Waals surface area contributed by atoms with Crippen molar-refractivity contribution in [2.45, 2.75) is 6.10 Å². The Balaban J connectivity index is 2.38. The first-order chi connectivity index (χ1) is 8.50. The molecule has 4 nitrogen and oxygen atoms in total. The average Bonchev–Trinajstić information content (AvgIpc) is 2.81. The van der Waals surface area contributed by atoms with Gasteiger partial charge in [0.1, 0.15) is 17.7 Å². The van der Waals surface area contributed by atoms with Gasteiger partial charge in [-0.25, -0.2) is 9.18 Å². The third-order valence-corrected chi connectivity index (χ3v) is 3.22. The van der Waals surface area contributed by atoms with E-state index in [1.54, 1.807) is 0 Å². The number of aliphatic hydroxyl groups is 1. The zero-order valence-corrected chi connectivity index (χ0v) is 10.5. The Labute approximate surface area is 110 Å². The van der Waals surface area contributed by atoms with Gasteiger partial charge >= 0.3 is 5.97 Å². The summed E-state index contributed by atoms with van der Waals surface area (Å²) in [6, 6.07) is 6.77. The molecule has 0 saturated heterocycles. The minimum atomic E-state index is -1.23. The molecule has 0 radical (unpaired) electrons. The summed E-state index contributed by atoms with van der Waals surface area (Å²) in [6.45, 7) is 0. The SMILES string of the molecule is O=C(O)c1ccc(C(O)c2cccc(F)c2Br)o1. The van der Waals surface area contributed by atoms with Crippen molar-refractivity contribution in [3.63, 3.8) is 0 Å². The predicted molar refractivity (Wildman–Crippen MR) is 63.8 cm³/mol. The molecule has 0 aliphatic carbocycles. The summed E-state index contributed by atoms with van der Waals surface area (Å²) in [5.41, 5.74) is 0.265. The lowest BCUT2D eigenvalue weighted by Gasteiger charge is -2.10. The predicted octanol–water partition coefficient (Wildman–Crippen LogP) is 2.96. The number of furan rings is 1. The fourth-order valence-corrected chi connectivity index (χ4v) is 1.98. The van der Waals surface area contributed by atoms with Crippen LogP contribution >= 0.6 is 15.9 Å². The second-order valence-electron chi connectivity index (χ2n) is 3.55. The van der Waals surface area contributed by atoms with Gasteiger partial charge in [-0.05, 0) is 34.1 Å². The smallest absolute Gasteiger partial charge is 0.371 e. The molecular formula is C12H8BrFO4. The van der Waals surface area contributed by atoms with E-state index in [0.717, 1.165) is 0 Å². The van der Waals surface area contributed by atoms with Crippen LogP contribution in [0.1, 0.15) is 28.0 Å². The number of hydrogen-bond donors (Lipinski definition) is 2. The summed E-state index contributed by atoms with van der Waals surface area (Å²) in [5.74, 6) is -1.99. The maximum Gasteiger partial charge on any atom is 0.371 e. The normalized spacial score (nSPS) is 12.4. The van der Waals surface area contributed by atoms with E-state index in [0.29, 0.717) is 0 Å². The highest BCUT2D eigenvalue weighted by Gasteiger charge is 2.20. The number of hydrogen-bond acceptors (Lipinski definition) is 3. The van der Waals surface area contributed by atoms with Crippen LogP contribution in [-0.4, -0.2) is 16.2 Å².